The second-order valence-electron chi connectivity index (χ2n) is 6.92. The molecule has 0 spiro atoms. The van der Waals surface area contributed by atoms with E-state index in [9.17, 15) is 26.8 Å². The second kappa shape index (κ2) is 9.97. The number of hydrogen-bond donors (Lipinski definition) is 0. The summed E-state index contributed by atoms with van der Waals surface area (Å²) >= 11 is 0. The highest BCUT2D eigenvalue weighted by Gasteiger charge is 2.33. The number of esters is 2. The van der Waals surface area contributed by atoms with Crippen LogP contribution in [0.5, 0.6) is 0 Å². The largest absolute Gasteiger partial charge is 0.462 e. The molecular weight excluding hydrogens is 432 g/mol. The molecule has 1 heterocycles. The molecule has 0 aliphatic carbocycles. The third kappa shape index (κ3) is 5.65. The van der Waals surface area contributed by atoms with Crippen LogP contribution in [-0.4, -0.2) is 51.0 Å². The third-order valence-corrected chi connectivity index (χ3v) is 6.78. The van der Waals surface area contributed by atoms with Crippen LogP contribution in [0.25, 0.3) is 0 Å². The summed E-state index contributed by atoms with van der Waals surface area (Å²) in [5, 5.41) is 0. The summed E-state index contributed by atoms with van der Waals surface area (Å²) in [4.78, 5) is 23.7. The van der Waals surface area contributed by atoms with Gasteiger partial charge < -0.3 is 9.47 Å². The van der Waals surface area contributed by atoms with E-state index in [2.05, 4.69) is 0 Å². The molecule has 3 rings (SSSR count). The molecule has 2 aromatic carbocycles. The summed E-state index contributed by atoms with van der Waals surface area (Å²) in [6.45, 7) is -0.109. The molecule has 1 aliphatic heterocycles. The predicted molar refractivity (Wildman–Crippen MR) is 106 cm³/mol. The van der Waals surface area contributed by atoms with Crippen LogP contribution in [-0.2, 0) is 24.3 Å². The Morgan fingerprint density at radius 3 is 2.23 bits per heavy atom. The first-order chi connectivity index (χ1) is 14.8. The van der Waals surface area contributed by atoms with Crippen molar-refractivity contribution in [3.05, 3.63) is 65.7 Å². The SMILES string of the molecule is O=C(OCCOC(=O)C1CCN(S(=O)(=O)c2ccc(F)c(F)c2)CC1)c1ccccc1. The van der Waals surface area contributed by atoms with Gasteiger partial charge in [-0.25, -0.2) is 22.0 Å². The van der Waals surface area contributed by atoms with Crippen molar-refractivity contribution in [1.82, 2.24) is 4.31 Å². The van der Waals surface area contributed by atoms with E-state index in [0.717, 1.165) is 16.4 Å². The zero-order valence-electron chi connectivity index (χ0n) is 16.5. The Labute approximate surface area is 178 Å². The lowest BCUT2D eigenvalue weighted by Crippen LogP contribution is -2.40. The highest BCUT2D eigenvalue weighted by Crippen LogP contribution is 2.25. The van der Waals surface area contributed by atoms with E-state index in [1.54, 1.807) is 30.3 Å². The van der Waals surface area contributed by atoms with E-state index in [4.69, 9.17) is 9.47 Å². The molecule has 31 heavy (non-hydrogen) atoms. The van der Waals surface area contributed by atoms with Crippen molar-refractivity contribution in [2.75, 3.05) is 26.3 Å². The Balaban J connectivity index is 1.44. The van der Waals surface area contributed by atoms with Crippen molar-refractivity contribution >= 4 is 22.0 Å². The Kier molecular flexibility index (Phi) is 7.34. The maximum absolute atomic E-state index is 13.4. The van der Waals surface area contributed by atoms with Crippen molar-refractivity contribution < 1.29 is 36.3 Å². The minimum atomic E-state index is -3.99. The van der Waals surface area contributed by atoms with Gasteiger partial charge in [0.2, 0.25) is 10.0 Å². The molecule has 7 nitrogen and oxygen atoms in total. The fraction of sp³-hybridized carbons (Fsp3) is 0.333. The predicted octanol–water partition coefficient (Wildman–Crippen LogP) is 2.77. The number of carbonyl (C=O) groups excluding carboxylic acids is 2. The van der Waals surface area contributed by atoms with Crippen LogP contribution in [0.1, 0.15) is 23.2 Å². The topological polar surface area (TPSA) is 90.0 Å². The van der Waals surface area contributed by atoms with Gasteiger partial charge in [-0.05, 0) is 43.2 Å². The van der Waals surface area contributed by atoms with Crippen molar-refractivity contribution in [1.29, 1.82) is 0 Å². The van der Waals surface area contributed by atoms with Crippen LogP contribution in [0.2, 0.25) is 0 Å². The van der Waals surface area contributed by atoms with Gasteiger partial charge in [0.25, 0.3) is 0 Å². The molecule has 0 atom stereocenters. The Bertz CT molecular complexity index is 1040. The van der Waals surface area contributed by atoms with Crippen molar-refractivity contribution in [3.8, 4) is 0 Å². The highest BCUT2D eigenvalue weighted by molar-refractivity contribution is 7.89. The summed E-state index contributed by atoms with van der Waals surface area (Å²) in [7, 11) is -3.99. The number of piperidine rings is 1. The third-order valence-electron chi connectivity index (χ3n) is 4.89. The number of sulfonamides is 1. The van der Waals surface area contributed by atoms with Crippen LogP contribution < -0.4 is 0 Å². The van der Waals surface area contributed by atoms with E-state index in [1.165, 1.54) is 0 Å². The van der Waals surface area contributed by atoms with E-state index in [-0.39, 0.29) is 44.0 Å². The Hall–Kier alpha value is -2.85. The van der Waals surface area contributed by atoms with Gasteiger partial charge in [-0.15, -0.1) is 0 Å². The molecule has 0 radical (unpaired) electrons. The maximum atomic E-state index is 13.4. The second-order valence-corrected chi connectivity index (χ2v) is 8.86. The number of nitrogens with zero attached hydrogens (tertiary/aromatic N) is 1. The first-order valence-corrected chi connectivity index (χ1v) is 11.1. The zero-order chi connectivity index (χ0) is 22.4. The Morgan fingerprint density at radius 2 is 1.58 bits per heavy atom. The molecule has 0 unspecified atom stereocenters. The summed E-state index contributed by atoms with van der Waals surface area (Å²) in [6, 6.07) is 10.8. The molecule has 0 N–H and O–H groups in total. The normalized spacial score (nSPS) is 15.4. The van der Waals surface area contributed by atoms with Crippen molar-refractivity contribution in [2.24, 2.45) is 5.92 Å². The van der Waals surface area contributed by atoms with Gasteiger partial charge >= 0.3 is 11.9 Å². The molecule has 0 amide bonds. The first-order valence-electron chi connectivity index (χ1n) is 9.63. The van der Waals surface area contributed by atoms with Gasteiger partial charge in [0.15, 0.2) is 11.6 Å². The van der Waals surface area contributed by atoms with E-state index < -0.39 is 39.5 Å². The average molecular weight is 453 g/mol. The van der Waals surface area contributed by atoms with Crippen LogP contribution in [0.3, 0.4) is 0 Å². The molecule has 10 heteroatoms. The zero-order valence-corrected chi connectivity index (χ0v) is 17.3. The summed E-state index contributed by atoms with van der Waals surface area (Å²) < 4.78 is 62.9. The highest BCUT2D eigenvalue weighted by atomic mass is 32.2. The lowest BCUT2D eigenvalue weighted by molar-refractivity contribution is -0.150. The van der Waals surface area contributed by atoms with Crippen LogP contribution in [0.15, 0.2) is 53.4 Å². The molecule has 1 saturated heterocycles. The lowest BCUT2D eigenvalue weighted by Gasteiger charge is -2.30. The van der Waals surface area contributed by atoms with Gasteiger partial charge in [-0.3, -0.25) is 4.79 Å². The minimum Gasteiger partial charge on any atom is -0.462 e. The molecule has 1 aliphatic rings. The van der Waals surface area contributed by atoms with Crippen molar-refractivity contribution in [2.45, 2.75) is 17.7 Å². The summed E-state index contributed by atoms with van der Waals surface area (Å²) in [5.41, 5.74) is 0.392. The number of carbonyl (C=O) groups is 2. The minimum absolute atomic E-state index is 0.0457. The molecule has 0 bridgehead atoms. The molecular formula is C21H21F2NO6S. The number of ether oxygens (including phenoxy) is 2. The molecule has 1 fully saturated rings. The van der Waals surface area contributed by atoms with Gasteiger partial charge in [-0.1, -0.05) is 18.2 Å². The van der Waals surface area contributed by atoms with Crippen molar-refractivity contribution in [3.63, 3.8) is 0 Å². The standard InChI is InChI=1S/C21H21F2NO6S/c22-18-7-6-17(14-19(18)23)31(27,28)24-10-8-16(9-11-24)21(26)30-13-12-29-20(25)15-4-2-1-3-5-15/h1-7,14,16H,8-13H2. The fourth-order valence-electron chi connectivity index (χ4n) is 3.17. The molecule has 0 aromatic heterocycles. The molecule has 166 valence electrons. The van der Waals surface area contributed by atoms with E-state index >= 15 is 0 Å². The van der Waals surface area contributed by atoms with Gasteiger partial charge in [0.05, 0.1) is 16.4 Å². The molecule has 2 aromatic rings. The Morgan fingerprint density at radius 1 is 0.935 bits per heavy atom. The average Bonchev–Trinajstić information content (AvgIpc) is 2.78. The quantitative estimate of drug-likeness (QED) is 0.473. The first kappa shape index (κ1) is 22.8. The summed E-state index contributed by atoms with van der Waals surface area (Å²) in [6.07, 6.45) is 0.455. The van der Waals surface area contributed by atoms with Gasteiger partial charge in [0, 0.05) is 13.1 Å². The van der Waals surface area contributed by atoms with Crippen LogP contribution >= 0.6 is 0 Å². The van der Waals surface area contributed by atoms with Crippen LogP contribution in [0.4, 0.5) is 8.78 Å². The molecule has 0 saturated carbocycles. The number of hydrogen-bond acceptors (Lipinski definition) is 6. The van der Waals surface area contributed by atoms with Crippen LogP contribution in [0, 0.1) is 17.6 Å². The van der Waals surface area contributed by atoms with Gasteiger partial charge in [0.1, 0.15) is 13.2 Å². The maximum Gasteiger partial charge on any atom is 0.338 e. The van der Waals surface area contributed by atoms with Gasteiger partial charge in [-0.2, -0.15) is 4.31 Å². The summed E-state index contributed by atoms with van der Waals surface area (Å²) in [5.74, 6) is -3.89. The van der Waals surface area contributed by atoms with E-state index in [1.807, 2.05) is 0 Å². The fourth-order valence-corrected chi connectivity index (χ4v) is 4.65. The monoisotopic (exact) mass is 453 g/mol. The van der Waals surface area contributed by atoms with E-state index in [0.29, 0.717) is 11.6 Å². The number of rotatable bonds is 7. The number of halogens is 2. The lowest BCUT2D eigenvalue weighted by atomic mass is 9.98. The number of benzene rings is 2. The smallest absolute Gasteiger partial charge is 0.338 e.